The average Bonchev–Trinajstić information content (AvgIpc) is 2.56. The Morgan fingerprint density at radius 3 is 2.14 bits per heavy atom. The van der Waals surface area contributed by atoms with E-state index >= 15 is 0 Å². The van der Waals surface area contributed by atoms with Crippen LogP contribution in [-0.4, -0.2) is 34.4 Å². The van der Waals surface area contributed by atoms with E-state index in [1.807, 2.05) is 6.08 Å². The second kappa shape index (κ2) is 12.3. The van der Waals surface area contributed by atoms with Gasteiger partial charge in [0, 0.05) is 12.6 Å². The predicted octanol–water partition coefficient (Wildman–Crippen LogP) is 3.54. The molecule has 2 aliphatic rings. The predicted molar refractivity (Wildman–Crippen MR) is 103 cm³/mol. The molecule has 0 aliphatic heterocycles. The minimum Gasteiger partial charge on any atom is -0.411 e. The van der Waals surface area contributed by atoms with E-state index in [9.17, 15) is 0 Å². The third kappa shape index (κ3) is 7.89. The summed E-state index contributed by atoms with van der Waals surface area (Å²) in [7, 11) is 0. The minimum atomic E-state index is 0.647. The smallest absolute Gasteiger partial charge is 0.0941 e. The van der Waals surface area contributed by atoms with Crippen molar-refractivity contribution in [1.29, 1.82) is 0 Å². The van der Waals surface area contributed by atoms with E-state index in [-0.39, 0.29) is 0 Å². The summed E-state index contributed by atoms with van der Waals surface area (Å²) in [6, 6.07) is 1.56. The first-order valence-corrected chi connectivity index (χ1v) is 9.92. The topological polar surface area (TPSA) is 19.9 Å². The van der Waals surface area contributed by atoms with Gasteiger partial charge in [0.05, 0.1) is 12.6 Å². The molecule has 0 unspecified atom stereocenters. The summed E-state index contributed by atoms with van der Waals surface area (Å²) in [5, 5.41) is 2.42. The zero-order valence-corrected chi connectivity index (χ0v) is 15.9. The molecule has 0 spiro atoms. The summed E-state index contributed by atoms with van der Waals surface area (Å²) in [5.41, 5.74) is 0. The molecule has 2 N–H and O–H groups in total. The number of nitrogens with two attached hydrogens (primary N) is 1. The van der Waals surface area contributed by atoms with E-state index in [0.717, 1.165) is 19.1 Å². The Hall–Kier alpha value is -0.190. The molecule has 0 radical (unpaired) electrons. The zero-order valence-electron chi connectivity index (χ0n) is 14.3. The highest BCUT2D eigenvalue weighted by molar-refractivity contribution is 8.00. The molecule has 2 fully saturated rings. The molecule has 0 amide bonds. The van der Waals surface area contributed by atoms with Crippen LogP contribution in [0.5, 0.6) is 0 Å². The molecule has 4 heteroatoms. The number of rotatable bonds is 5. The molecule has 2 rings (SSSR count). The molecule has 0 aromatic carbocycles. The van der Waals surface area contributed by atoms with Crippen molar-refractivity contribution in [3.63, 3.8) is 0 Å². The van der Waals surface area contributed by atoms with Gasteiger partial charge in [-0.1, -0.05) is 36.6 Å². The molecule has 0 aromatic rings. The summed E-state index contributed by atoms with van der Waals surface area (Å²) in [5.74, 6) is 0. The van der Waals surface area contributed by atoms with E-state index in [1.165, 1.54) is 64.2 Å². The van der Waals surface area contributed by atoms with Gasteiger partial charge in [-0.25, -0.2) is 0 Å². The maximum absolute atomic E-state index is 5.04. The molecule has 2 aliphatic carbocycles. The highest BCUT2D eigenvalue weighted by Crippen LogP contribution is 2.22. The van der Waals surface area contributed by atoms with Crippen LogP contribution in [0.3, 0.4) is 0 Å². The van der Waals surface area contributed by atoms with Gasteiger partial charge in [0.2, 0.25) is 0 Å². The van der Waals surface area contributed by atoms with Crippen molar-refractivity contribution < 1.29 is 5.32 Å². The molecule has 22 heavy (non-hydrogen) atoms. The van der Waals surface area contributed by atoms with Crippen molar-refractivity contribution in [2.75, 3.05) is 13.1 Å². The molecule has 0 bridgehead atoms. The molecule has 0 heterocycles. The Balaban J connectivity index is 0.000000224. The number of nitrogens with zero attached hydrogens (tertiary/aromatic N) is 1. The Kier molecular flexibility index (Phi) is 11.1. The van der Waals surface area contributed by atoms with Gasteiger partial charge in [0.1, 0.15) is 0 Å². The fraction of sp³-hybridized carbons (Fsp3) is 0.833. The van der Waals surface area contributed by atoms with Gasteiger partial charge in [0.25, 0.3) is 0 Å². The van der Waals surface area contributed by atoms with Gasteiger partial charge < -0.3 is 35.1 Å². The van der Waals surface area contributed by atoms with Crippen LogP contribution < -0.4 is 5.32 Å². The highest BCUT2D eigenvalue weighted by atomic mass is 32.1. The molecule has 2 saturated carbocycles. The van der Waals surface area contributed by atoms with Gasteiger partial charge in [-0.2, -0.15) is 0 Å². The molecule has 0 atom stereocenters. The van der Waals surface area contributed by atoms with Gasteiger partial charge in [-0.15, -0.1) is 0 Å². The fourth-order valence-electron chi connectivity index (χ4n) is 3.59. The van der Waals surface area contributed by atoms with Crippen LogP contribution >= 0.6 is 12.2 Å². The van der Waals surface area contributed by atoms with Crippen molar-refractivity contribution in [1.82, 2.24) is 4.90 Å². The van der Waals surface area contributed by atoms with Crippen LogP contribution in [0.4, 0.5) is 0 Å². The van der Waals surface area contributed by atoms with Gasteiger partial charge in [0.15, 0.2) is 0 Å². The number of quaternary nitrogens is 1. The summed E-state index contributed by atoms with van der Waals surface area (Å²) >= 11 is 10.1. The van der Waals surface area contributed by atoms with Crippen LogP contribution in [0.2, 0.25) is 0 Å². The third-order valence-electron chi connectivity index (χ3n) is 4.88. The van der Waals surface area contributed by atoms with E-state index in [1.54, 1.807) is 0 Å². The lowest BCUT2D eigenvalue weighted by Crippen LogP contribution is -2.89. The first-order chi connectivity index (χ1) is 10.7. The Morgan fingerprint density at radius 2 is 1.68 bits per heavy atom. The maximum atomic E-state index is 5.04. The SMILES string of the molecule is C=CC[NH2+]C1CCCCC1.CCN(C(=S)[S-])C1CCCCC1. The van der Waals surface area contributed by atoms with E-state index in [4.69, 9.17) is 24.8 Å². The standard InChI is InChI=1S/C9H17NS2.C9H17N/c1-2-10(9(11)12)8-6-4-3-5-7-8;1-2-8-10-9-6-4-3-5-7-9/h8H,2-7H2,1H3,(H,11,12);2,9-10H,1,3-8H2. The average molecular weight is 343 g/mol. The Labute approximate surface area is 148 Å². The minimum absolute atomic E-state index is 0.647. The van der Waals surface area contributed by atoms with E-state index < -0.39 is 0 Å². The van der Waals surface area contributed by atoms with E-state index in [2.05, 4.69) is 23.7 Å². The summed E-state index contributed by atoms with van der Waals surface area (Å²) in [6.45, 7) is 7.93. The van der Waals surface area contributed by atoms with Gasteiger partial charge in [-0.05, 0) is 51.5 Å². The second-order valence-corrected chi connectivity index (χ2v) is 7.53. The summed E-state index contributed by atoms with van der Waals surface area (Å²) in [4.78, 5) is 2.20. The van der Waals surface area contributed by atoms with Crippen molar-refractivity contribution in [3.8, 4) is 0 Å². The molecule has 2 nitrogen and oxygen atoms in total. The van der Waals surface area contributed by atoms with Crippen LogP contribution in [0.25, 0.3) is 0 Å². The Morgan fingerprint density at radius 1 is 1.14 bits per heavy atom. The van der Waals surface area contributed by atoms with Crippen molar-refractivity contribution in [2.24, 2.45) is 0 Å². The third-order valence-corrected chi connectivity index (χ3v) is 5.35. The lowest BCUT2D eigenvalue weighted by atomic mass is 9.94. The number of hydrogen-bond donors (Lipinski definition) is 1. The zero-order chi connectivity index (χ0) is 16.2. The monoisotopic (exact) mass is 342 g/mol. The Bertz CT molecular complexity index is 308. The number of hydrogen-bond acceptors (Lipinski definition) is 2. The fourth-order valence-corrected chi connectivity index (χ4v) is 4.14. The normalized spacial score (nSPS) is 19.9. The summed E-state index contributed by atoms with van der Waals surface area (Å²) in [6.07, 6.45) is 15.8. The molecular formula is C18H34N2S2. The van der Waals surface area contributed by atoms with Gasteiger partial charge in [-0.3, -0.25) is 0 Å². The lowest BCUT2D eigenvalue weighted by molar-refractivity contribution is -0.683. The quantitative estimate of drug-likeness (QED) is 0.469. The first-order valence-electron chi connectivity index (χ1n) is 9.10. The highest BCUT2D eigenvalue weighted by Gasteiger charge is 2.17. The maximum Gasteiger partial charge on any atom is 0.0941 e. The number of thiocarbonyl (C=S) groups is 1. The van der Waals surface area contributed by atoms with Gasteiger partial charge >= 0.3 is 0 Å². The summed E-state index contributed by atoms with van der Waals surface area (Å²) < 4.78 is 0.657. The lowest BCUT2D eigenvalue weighted by Gasteiger charge is -2.37. The van der Waals surface area contributed by atoms with Crippen molar-refractivity contribution in [3.05, 3.63) is 12.7 Å². The van der Waals surface area contributed by atoms with Crippen LogP contribution in [0.1, 0.15) is 71.1 Å². The van der Waals surface area contributed by atoms with Crippen molar-refractivity contribution >= 4 is 29.2 Å². The van der Waals surface area contributed by atoms with Crippen LogP contribution in [0, 0.1) is 0 Å². The molecular weight excluding hydrogens is 308 g/mol. The largest absolute Gasteiger partial charge is 0.411 e. The van der Waals surface area contributed by atoms with E-state index in [0.29, 0.717) is 10.4 Å². The van der Waals surface area contributed by atoms with Crippen molar-refractivity contribution in [2.45, 2.75) is 83.2 Å². The first kappa shape index (κ1) is 19.9. The molecule has 0 aromatic heterocycles. The molecule has 128 valence electrons. The second-order valence-electron chi connectivity index (χ2n) is 6.50. The van der Waals surface area contributed by atoms with Crippen LogP contribution in [0.15, 0.2) is 12.7 Å². The molecule has 0 saturated heterocycles. The van der Waals surface area contributed by atoms with Crippen LogP contribution in [-0.2, 0) is 12.6 Å².